The summed E-state index contributed by atoms with van der Waals surface area (Å²) in [6.45, 7) is 4.58. The fraction of sp³-hybridized carbons (Fsp3) is 0.382. The zero-order chi connectivity index (χ0) is 24.5. The predicted octanol–water partition coefficient (Wildman–Crippen LogP) is 9.79. The summed E-state index contributed by atoms with van der Waals surface area (Å²) in [5, 5.41) is 0. The topological polar surface area (TPSA) is 17.1 Å². The molecular weight excluding hydrogens is 424 g/mol. The molecule has 3 aromatic rings. The van der Waals surface area contributed by atoms with E-state index in [1.54, 1.807) is 6.08 Å². The molecule has 0 amide bonds. The van der Waals surface area contributed by atoms with Crippen molar-refractivity contribution in [2.45, 2.75) is 83.5 Å². The first kappa shape index (κ1) is 25.2. The number of ketones is 1. The summed E-state index contributed by atoms with van der Waals surface area (Å²) in [6.07, 6.45) is 16.4. The molecule has 0 fully saturated rings. The van der Waals surface area contributed by atoms with Crippen molar-refractivity contribution in [3.05, 3.63) is 101 Å². The Morgan fingerprint density at radius 1 is 0.686 bits per heavy atom. The van der Waals surface area contributed by atoms with Crippen LogP contribution in [-0.4, -0.2) is 5.78 Å². The number of carbonyl (C=O) groups is 1. The average Bonchev–Trinajstić information content (AvgIpc) is 3.17. The minimum atomic E-state index is 0.0554. The lowest BCUT2D eigenvalue weighted by atomic mass is 9.70. The summed E-state index contributed by atoms with van der Waals surface area (Å²) in [7, 11) is 0. The quantitative estimate of drug-likeness (QED) is 0.140. The van der Waals surface area contributed by atoms with E-state index in [4.69, 9.17) is 0 Å². The number of hydrogen-bond donors (Lipinski definition) is 0. The minimum absolute atomic E-state index is 0.0554. The summed E-state index contributed by atoms with van der Waals surface area (Å²) < 4.78 is 0. The van der Waals surface area contributed by atoms with Crippen molar-refractivity contribution >= 4 is 11.9 Å². The first-order valence-corrected chi connectivity index (χ1v) is 13.7. The second kappa shape index (κ2) is 12.2. The Balaban J connectivity index is 1.69. The fourth-order valence-electron chi connectivity index (χ4n) is 5.82. The van der Waals surface area contributed by atoms with Crippen LogP contribution in [0.4, 0.5) is 0 Å². The molecule has 0 bridgehead atoms. The number of benzene rings is 3. The maximum atomic E-state index is 12.7. The van der Waals surface area contributed by atoms with E-state index in [1.165, 1.54) is 86.5 Å². The molecule has 0 heterocycles. The highest BCUT2D eigenvalue weighted by Crippen LogP contribution is 2.54. The summed E-state index contributed by atoms with van der Waals surface area (Å²) in [4.78, 5) is 12.7. The molecule has 0 radical (unpaired) electrons. The fourth-order valence-corrected chi connectivity index (χ4v) is 5.82. The Bertz CT molecular complexity index is 1130. The zero-order valence-corrected chi connectivity index (χ0v) is 21.6. The van der Waals surface area contributed by atoms with Crippen molar-refractivity contribution < 1.29 is 4.79 Å². The highest BCUT2D eigenvalue weighted by Gasteiger charge is 2.41. The van der Waals surface area contributed by atoms with Crippen LogP contribution >= 0.6 is 0 Å². The monoisotopic (exact) mass is 464 g/mol. The third kappa shape index (κ3) is 5.67. The normalized spacial score (nSPS) is 13.7. The molecule has 0 spiro atoms. The van der Waals surface area contributed by atoms with Gasteiger partial charge < -0.3 is 0 Å². The molecule has 3 aromatic carbocycles. The van der Waals surface area contributed by atoms with Gasteiger partial charge in [-0.05, 0) is 46.7 Å². The van der Waals surface area contributed by atoms with E-state index < -0.39 is 0 Å². The van der Waals surface area contributed by atoms with Gasteiger partial charge >= 0.3 is 0 Å². The van der Waals surface area contributed by atoms with Gasteiger partial charge in [0.15, 0.2) is 5.78 Å². The Morgan fingerprint density at radius 2 is 1.31 bits per heavy atom. The van der Waals surface area contributed by atoms with Crippen LogP contribution in [0.3, 0.4) is 0 Å². The first-order valence-electron chi connectivity index (χ1n) is 13.7. The van der Waals surface area contributed by atoms with Gasteiger partial charge in [-0.3, -0.25) is 4.79 Å². The summed E-state index contributed by atoms with van der Waals surface area (Å²) in [5.41, 5.74) is 7.72. The Morgan fingerprint density at radius 3 is 2.00 bits per heavy atom. The average molecular weight is 465 g/mol. The number of carbonyl (C=O) groups excluding carboxylic acids is 1. The lowest BCUT2D eigenvalue weighted by Crippen LogP contribution is -2.25. The van der Waals surface area contributed by atoms with E-state index in [1.807, 2.05) is 36.4 Å². The third-order valence-electron chi connectivity index (χ3n) is 7.69. The molecule has 182 valence electrons. The maximum absolute atomic E-state index is 12.7. The molecule has 35 heavy (non-hydrogen) atoms. The van der Waals surface area contributed by atoms with Crippen LogP contribution < -0.4 is 0 Å². The van der Waals surface area contributed by atoms with Gasteiger partial charge in [-0.1, -0.05) is 144 Å². The molecule has 4 rings (SSSR count). The Labute approximate surface area is 212 Å². The standard InChI is InChI=1S/C34H40O/c1-3-5-7-14-24-34(25-15-8-6-4-2)31-19-13-12-18-29(31)30-22-20-27(26-32(30)34)21-23-33(35)28-16-10-9-11-17-28/h9-13,16-23,26H,3-8,14-15,24-25H2,1-2H3. The number of allylic oxidation sites excluding steroid dienone is 1. The predicted molar refractivity (Wildman–Crippen MR) is 150 cm³/mol. The van der Waals surface area contributed by atoms with Gasteiger partial charge in [0.05, 0.1) is 0 Å². The van der Waals surface area contributed by atoms with Crippen LogP contribution in [0.1, 0.15) is 105 Å². The lowest BCUT2D eigenvalue weighted by Gasteiger charge is -2.33. The van der Waals surface area contributed by atoms with Gasteiger partial charge in [-0.25, -0.2) is 0 Å². The number of hydrogen-bond acceptors (Lipinski definition) is 1. The van der Waals surface area contributed by atoms with Crippen LogP contribution in [0.25, 0.3) is 17.2 Å². The Hall–Kier alpha value is -2.93. The van der Waals surface area contributed by atoms with E-state index in [0.29, 0.717) is 0 Å². The van der Waals surface area contributed by atoms with Crippen molar-refractivity contribution in [1.82, 2.24) is 0 Å². The molecule has 1 aliphatic carbocycles. The minimum Gasteiger partial charge on any atom is -0.289 e. The highest BCUT2D eigenvalue weighted by atomic mass is 16.1. The molecule has 0 aromatic heterocycles. The second-order valence-corrected chi connectivity index (χ2v) is 10.1. The summed E-state index contributed by atoms with van der Waals surface area (Å²) in [5.74, 6) is 0.0554. The van der Waals surface area contributed by atoms with E-state index in [0.717, 1.165) is 11.1 Å². The molecule has 0 saturated carbocycles. The lowest BCUT2D eigenvalue weighted by molar-refractivity contribution is 0.104. The molecule has 0 unspecified atom stereocenters. The van der Waals surface area contributed by atoms with Gasteiger partial charge in [-0.2, -0.15) is 0 Å². The molecule has 1 aliphatic rings. The summed E-state index contributed by atoms with van der Waals surface area (Å²) >= 11 is 0. The maximum Gasteiger partial charge on any atom is 0.185 e. The van der Waals surface area contributed by atoms with Crippen molar-refractivity contribution in [3.8, 4) is 11.1 Å². The Kier molecular flexibility index (Phi) is 8.74. The molecule has 0 saturated heterocycles. The largest absolute Gasteiger partial charge is 0.289 e. The first-order chi connectivity index (χ1) is 17.2. The SMILES string of the molecule is CCCCCCC1(CCCCCC)c2ccccc2-c2ccc(C=CC(=O)c3ccccc3)cc21. The van der Waals surface area contributed by atoms with E-state index in [-0.39, 0.29) is 11.2 Å². The molecule has 0 N–H and O–H groups in total. The number of rotatable bonds is 13. The number of fused-ring (bicyclic) bond motifs is 3. The molecule has 0 aliphatic heterocycles. The van der Waals surface area contributed by atoms with Crippen molar-refractivity contribution in [1.29, 1.82) is 0 Å². The van der Waals surface area contributed by atoms with Crippen LogP contribution in [0.2, 0.25) is 0 Å². The van der Waals surface area contributed by atoms with Crippen LogP contribution in [0.15, 0.2) is 78.9 Å². The summed E-state index contributed by atoms with van der Waals surface area (Å²) in [6, 6.07) is 25.5. The number of unbranched alkanes of at least 4 members (excludes halogenated alkanes) is 6. The van der Waals surface area contributed by atoms with Gasteiger partial charge in [0.1, 0.15) is 0 Å². The van der Waals surface area contributed by atoms with Crippen LogP contribution in [-0.2, 0) is 5.41 Å². The highest BCUT2D eigenvalue weighted by molar-refractivity contribution is 6.06. The smallest absolute Gasteiger partial charge is 0.185 e. The van der Waals surface area contributed by atoms with E-state index >= 15 is 0 Å². The molecule has 1 heteroatoms. The van der Waals surface area contributed by atoms with E-state index in [9.17, 15) is 4.79 Å². The molecular formula is C34H40O. The second-order valence-electron chi connectivity index (χ2n) is 10.1. The van der Waals surface area contributed by atoms with Crippen LogP contribution in [0.5, 0.6) is 0 Å². The zero-order valence-electron chi connectivity index (χ0n) is 21.6. The van der Waals surface area contributed by atoms with E-state index in [2.05, 4.69) is 56.3 Å². The van der Waals surface area contributed by atoms with Crippen molar-refractivity contribution in [2.24, 2.45) is 0 Å². The van der Waals surface area contributed by atoms with Crippen molar-refractivity contribution in [2.75, 3.05) is 0 Å². The van der Waals surface area contributed by atoms with Gasteiger partial charge in [0.25, 0.3) is 0 Å². The third-order valence-corrected chi connectivity index (χ3v) is 7.69. The van der Waals surface area contributed by atoms with Crippen LogP contribution in [0, 0.1) is 0 Å². The van der Waals surface area contributed by atoms with Gasteiger partial charge in [0.2, 0.25) is 0 Å². The molecule has 0 atom stereocenters. The molecule has 1 nitrogen and oxygen atoms in total. The van der Waals surface area contributed by atoms with Gasteiger partial charge in [-0.15, -0.1) is 0 Å². The van der Waals surface area contributed by atoms with Gasteiger partial charge in [0, 0.05) is 11.0 Å². The van der Waals surface area contributed by atoms with Crippen molar-refractivity contribution in [3.63, 3.8) is 0 Å².